The van der Waals surface area contributed by atoms with Gasteiger partial charge in [0, 0.05) is 30.9 Å². The predicted molar refractivity (Wildman–Crippen MR) is 70.0 cm³/mol. The van der Waals surface area contributed by atoms with E-state index in [4.69, 9.17) is 0 Å². The summed E-state index contributed by atoms with van der Waals surface area (Å²) in [5.74, 6) is 0.883. The van der Waals surface area contributed by atoms with Crippen LogP contribution in [0.1, 0.15) is 32.6 Å². The second-order valence-electron chi connectivity index (χ2n) is 4.97. The first kappa shape index (κ1) is 12.3. The maximum absolute atomic E-state index is 4.26. The van der Waals surface area contributed by atoms with Gasteiger partial charge in [-0.25, -0.2) is 4.98 Å². The maximum atomic E-state index is 4.26. The minimum Gasteiger partial charge on any atom is -0.368 e. The topological polar surface area (TPSA) is 49.8 Å². The van der Waals surface area contributed by atoms with E-state index in [0.29, 0.717) is 5.41 Å². The molecule has 0 amide bonds. The highest BCUT2D eigenvalue weighted by molar-refractivity contribution is 5.30. The molecule has 17 heavy (non-hydrogen) atoms. The van der Waals surface area contributed by atoms with Crippen molar-refractivity contribution < 1.29 is 0 Å². The van der Waals surface area contributed by atoms with Crippen LogP contribution >= 0.6 is 0 Å². The summed E-state index contributed by atoms with van der Waals surface area (Å²) in [4.78, 5) is 8.34. The minimum absolute atomic E-state index is 0.393. The Morgan fingerprint density at radius 3 is 3.06 bits per heavy atom. The summed E-state index contributed by atoms with van der Waals surface area (Å²) in [5.41, 5.74) is 0.393. The van der Waals surface area contributed by atoms with Crippen molar-refractivity contribution in [3.8, 4) is 0 Å². The van der Waals surface area contributed by atoms with E-state index in [2.05, 4.69) is 27.5 Å². The van der Waals surface area contributed by atoms with Crippen LogP contribution in [-0.4, -0.2) is 29.6 Å². The fourth-order valence-electron chi connectivity index (χ4n) is 2.68. The Balaban J connectivity index is 1.93. The molecule has 1 atom stereocenters. The molecule has 1 aliphatic heterocycles. The third-order valence-electron chi connectivity index (χ3n) is 3.55. The molecular formula is C13H22N4. The van der Waals surface area contributed by atoms with Crippen LogP contribution in [0, 0.1) is 5.41 Å². The van der Waals surface area contributed by atoms with Crippen LogP contribution in [0.2, 0.25) is 0 Å². The molecule has 94 valence electrons. The third-order valence-corrected chi connectivity index (χ3v) is 3.55. The number of anilines is 1. The summed E-state index contributed by atoms with van der Waals surface area (Å²) in [6.45, 7) is 5.54. The molecule has 1 aromatic heterocycles. The maximum Gasteiger partial charge on any atom is 0.144 e. The van der Waals surface area contributed by atoms with E-state index in [1.54, 1.807) is 18.6 Å². The van der Waals surface area contributed by atoms with Crippen molar-refractivity contribution in [2.75, 3.05) is 25.0 Å². The number of hydrogen-bond donors (Lipinski definition) is 2. The molecule has 0 aliphatic carbocycles. The van der Waals surface area contributed by atoms with Gasteiger partial charge in [0.15, 0.2) is 0 Å². The smallest absolute Gasteiger partial charge is 0.144 e. The van der Waals surface area contributed by atoms with E-state index in [-0.39, 0.29) is 0 Å². The normalized spacial score (nSPS) is 24.5. The molecule has 1 aromatic rings. The summed E-state index contributed by atoms with van der Waals surface area (Å²) in [7, 11) is 0. The van der Waals surface area contributed by atoms with Gasteiger partial charge in [0.2, 0.25) is 0 Å². The zero-order valence-electron chi connectivity index (χ0n) is 10.6. The molecule has 4 heteroatoms. The number of piperidine rings is 1. The summed E-state index contributed by atoms with van der Waals surface area (Å²) in [6, 6.07) is 0. The van der Waals surface area contributed by atoms with Gasteiger partial charge in [-0.2, -0.15) is 0 Å². The second kappa shape index (κ2) is 5.96. The van der Waals surface area contributed by atoms with E-state index in [0.717, 1.165) is 25.5 Å². The van der Waals surface area contributed by atoms with Crippen LogP contribution in [0.25, 0.3) is 0 Å². The van der Waals surface area contributed by atoms with Crippen molar-refractivity contribution in [1.29, 1.82) is 0 Å². The molecule has 4 nitrogen and oxygen atoms in total. The molecular weight excluding hydrogens is 212 g/mol. The number of rotatable bonds is 5. The molecule has 0 spiro atoms. The Bertz CT molecular complexity index is 314. The molecule has 1 aliphatic rings. The number of aromatic nitrogens is 2. The largest absolute Gasteiger partial charge is 0.368 e. The Morgan fingerprint density at radius 1 is 1.47 bits per heavy atom. The van der Waals surface area contributed by atoms with Gasteiger partial charge in [0.05, 0.1) is 6.20 Å². The standard InChI is InChI=1S/C13H22N4/c1-2-4-13(5-3-6-15-10-13)11-17-12-9-14-7-8-16-12/h7-9,15H,2-6,10-11H2,1H3,(H,16,17). The third kappa shape index (κ3) is 3.40. The highest BCUT2D eigenvalue weighted by Gasteiger charge is 2.30. The monoisotopic (exact) mass is 234 g/mol. The molecule has 1 saturated heterocycles. The van der Waals surface area contributed by atoms with Gasteiger partial charge in [0.25, 0.3) is 0 Å². The second-order valence-corrected chi connectivity index (χ2v) is 4.97. The lowest BCUT2D eigenvalue weighted by molar-refractivity contribution is 0.206. The average Bonchev–Trinajstić information content (AvgIpc) is 2.39. The first-order valence-electron chi connectivity index (χ1n) is 6.55. The Hall–Kier alpha value is -1.16. The van der Waals surface area contributed by atoms with E-state index in [1.807, 2.05) is 0 Å². The van der Waals surface area contributed by atoms with E-state index in [9.17, 15) is 0 Å². The number of hydrogen-bond acceptors (Lipinski definition) is 4. The van der Waals surface area contributed by atoms with Crippen molar-refractivity contribution in [3.63, 3.8) is 0 Å². The number of nitrogens with one attached hydrogen (secondary N) is 2. The number of nitrogens with zero attached hydrogens (tertiary/aromatic N) is 2. The zero-order chi connectivity index (χ0) is 12.0. The van der Waals surface area contributed by atoms with Gasteiger partial charge in [-0.05, 0) is 25.8 Å². The Kier molecular flexibility index (Phi) is 4.31. The van der Waals surface area contributed by atoms with Crippen molar-refractivity contribution in [1.82, 2.24) is 15.3 Å². The fourth-order valence-corrected chi connectivity index (χ4v) is 2.68. The molecule has 0 aromatic carbocycles. The van der Waals surface area contributed by atoms with Gasteiger partial charge >= 0.3 is 0 Å². The van der Waals surface area contributed by atoms with Crippen LogP contribution in [-0.2, 0) is 0 Å². The quantitative estimate of drug-likeness (QED) is 0.818. The summed E-state index contributed by atoms with van der Waals surface area (Å²) in [5, 5.41) is 6.95. The highest BCUT2D eigenvalue weighted by atomic mass is 15.0. The summed E-state index contributed by atoms with van der Waals surface area (Å²) >= 11 is 0. The molecule has 0 bridgehead atoms. The fraction of sp³-hybridized carbons (Fsp3) is 0.692. The minimum atomic E-state index is 0.393. The summed E-state index contributed by atoms with van der Waals surface area (Å²) in [6.07, 6.45) is 10.3. The zero-order valence-corrected chi connectivity index (χ0v) is 10.6. The van der Waals surface area contributed by atoms with Crippen molar-refractivity contribution in [2.45, 2.75) is 32.6 Å². The van der Waals surface area contributed by atoms with Crippen molar-refractivity contribution in [2.24, 2.45) is 5.41 Å². The van der Waals surface area contributed by atoms with Gasteiger partial charge in [-0.3, -0.25) is 4.98 Å². The Labute approximate surface area is 103 Å². The van der Waals surface area contributed by atoms with E-state index < -0.39 is 0 Å². The molecule has 2 rings (SSSR count). The summed E-state index contributed by atoms with van der Waals surface area (Å²) < 4.78 is 0. The first-order valence-corrected chi connectivity index (χ1v) is 6.55. The van der Waals surface area contributed by atoms with Gasteiger partial charge in [-0.15, -0.1) is 0 Å². The molecule has 1 unspecified atom stereocenters. The SMILES string of the molecule is CCCC1(CNc2cnccn2)CCCNC1. The van der Waals surface area contributed by atoms with Crippen LogP contribution in [0.15, 0.2) is 18.6 Å². The lowest BCUT2D eigenvalue weighted by atomic mass is 9.77. The first-order chi connectivity index (χ1) is 8.35. The predicted octanol–water partition coefficient (Wildman–Crippen LogP) is 2.06. The van der Waals surface area contributed by atoms with Gasteiger partial charge in [0.1, 0.15) is 5.82 Å². The van der Waals surface area contributed by atoms with Crippen molar-refractivity contribution in [3.05, 3.63) is 18.6 Å². The molecule has 2 heterocycles. The van der Waals surface area contributed by atoms with Gasteiger partial charge in [-0.1, -0.05) is 13.3 Å². The highest BCUT2D eigenvalue weighted by Crippen LogP contribution is 2.31. The molecule has 0 saturated carbocycles. The molecule has 0 radical (unpaired) electrons. The molecule has 1 fully saturated rings. The lowest BCUT2D eigenvalue weighted by Crippen LogP contribution is -2.44. The van der Waals surface area contributed by atoms with Crippen LogP contribution < -0.4 is 10.6 Å². The van der Waals surface area contributed by atoms with Crippen LogP contribution in [0.3, 0.4) is 0 Å². The van der Waals surface area contributed by atoms with E-state index in [1.165, 1.54) is 25.7 Å². The van der Waals surface area contributed by atoms with Crippen LogP contribution in [0.4, 0.5) is 5.82 Å². The van der Waals surface area contributed by atoms with E-state index >= 15 is 0 Å². The van der Waals surface area contributed by atoms with Crippen molar-refractivity contribution >= 4 is 5.82 Å². The molecule has 2 N–H and O–H groups in total. The average molecular weight is 234 g/mol. The van der Waals surface area contributed by atoms with Gasteiger partial charge < -0.3 is 10.6 Å². The van der Waals surface area contributed by atoms with Crippen LogP contribution in [0.5, 0.6) is 0 Å². The Morgan fingerprint density at radius 2 is 2.41 bits per heavy atom. The lowest BCUT2D eigenvalue weighted by Gasteiger charge is -2.38.